The number of carbonyl (C=O) groups is 1. The van der Waals surface area contributed by atoms with Crippen molar-refractivity contribution in [1.29, 1.82) is 0 Å². The molecule has 1 unspecified atom stereocenters. The van der Waals surface area contributed by atoms with Gasteiger partial charge in [0, 0.05) is 16.7 Å². The predicted octanol–water partition coefficient (Wildman–Crippen LogP) is 1.46. The van der Waals surface area contributed by atoms with Crippen molar-refractivity contribution < 1.29 is 9.72 Å². The van der Waals surface area contributed by atoms with E-state index in [1.165, 1.54) is 12.1 Å². The van der Waals surface area contributed by atoms with E-state index >= 15 is 0 Å². The fourth-order valence-corrected chi connectivity index (χ4v) is 2.02. The van der Waals surface area contributed by atoms with Gasteiger partial charge in [0.1, 0.15) is 11.7 Å². The molecule has 84 valence electrons. The Bertz CT molecular complexity index is 489. The van der Waals surface area contributed by atoms with Crippen molar-refractivity contribution in [2.45, 2.75) is 6.04 Å². The topological polar surface area (TPSA) is 84.3 Å². The van der Waals surface area contributed by atoms with E-state index in [-0.39, 0.29) is 17.3 Å². The number of carbonyl (C=O) groups excluding carboxylic acids is 1. The molecule has 0 fully saturated rings. The number of likely N-dealkylation sites (N-methyl/N-ethyl adjacent to an activating group) is 1. The standard InChI is InChI=1S/C9H8ClN3O3/c1-11-8-6-4(10)2-3-5(13(15)16)7(6)12-9(8)14/h2-3,8,11H,1H3,(H,12,14). The highest BCUT2D eigenvalue weighted by Gasteiger charge is 2.36. The molecule has 1 aliphatic heterocycles. The quantitative estimate of drug-likeness (QED) is 0.606. The Kier molecular flexibility index (Phi) is 2.53. The van der Waals surface area contributed by atoms with Crippen LogP contribution in [-0.2, 0) is 4.79 Å². The zero-order valence-corrected chi connectivity index (χ0v) is 9.04. The van der Waals surface area contributed by atoms with Crippen LogP contribution in [0.1, 0.15) is 11.6 Å². The van der Waals surface area contributed by atoms with E-state index in [4.69, 9.17) is 11.6 Å². The molecular formula is C9H8ClN3O3. The first-order valence-electron chi connectivity index (χ1n) is 4.51. The molecule has 1 aliphatic rings. The number of nitrogens with one attached hydrogen (secondary N) is 2. The van der Waals surface area contributed by atoms with E-state index in [0.29, 0.717) is 10.6 Å². The summed E-state index contributed by atoms with van der Waals surface area (Å²) in [5.74, 6) is -0.339. The number of nitrogens with zero attached hydrogens (tertiary/aromatic N) is 1. The lowest BCUT2D eigenvalue weighted by Gasteiger charge is -2.07. The molecule has 0 bridgehead atoms. The Morgan fingerprint density at radius 2 is 2.25 bits per heavy atom. The first-order valence-corrected chi connectivity index (χ1v) is 4.89. The molecule has 0 spiro atoms. The first-order chi connectivity index (χ1) is 7.56. The van der Waals surface area contributed by atoms with Gasteiger partial charge >= 0.3 is 0 Å². The van der Waals surface area contributed by atoms with Crippen LogP contribution in [0, 0.1) is 10.1 Å². The van der Waals surface area contributed by atoms with E-state index in [1.54, 1.807) is 7.05 Å². The molecule has 0 aromatic heterocycles. The van der Waals surface area contributed by atoms with Gasteiger partial charge in [0.15, 0.2) is 0 Å². The van der Waals surface area contributed by atoms with Crippen molar-refractivity contribution in [1.82, 2.24) is 5.32 Å². The summed E-state index contributed by atoms with van der Waals surface area (Å²) in [7, 11) is 1.59. The maximum atomic E-state index is 11.5. The second kappa shape index (κ2) is 3.73. The van der Waals surface area contributed by atoms with Gasteiger partial charge < -0.3 is 10.6 Å². The molecule has 16 heavy (non-hydrogen) atoms. The summed E-state index contributed by atoms with van der Waals surface area (Å²) in [6.45, 7) is 0. The third kappa shape index (κ3) is 1.43. The van der Waals surface area contributed by atoms with Crippen LogP contribution in [-0.4, -0.2) is 17.9 Å². The number of fused-ring (bicyclic) bond motifs is 1. The maximum absolute atomic E-state index is 11.5. The highest BCUT2D eigenvalue weighted by atomic mass is 35.5. The third-order valence-corrected chi connectivity index (χ3v) is 2.78. The van der Waals surface area contributed by atoms with E-state index in [0.717, 1.165) is 0 Å². The zero-order valence-electron chi connectivity index (χ0n) is 8.28. The molecule has 0 radical (unpaired) electrons. The van der Waals surface area contributed by atoms with Gasteiger partial charge in [-0.25, -0.2) is 0 Å². The number of nitro benzene ring substituents is 1. The highest BCUT2D eigenvalue weighted by molar-refractivity contribution is 6.33. The number of rotatable bonds is 2. The molecule has 6 nitrogen and oxygen atoms in total. The normalized spacial score (nSPS) is 18.1. The average Bonchev–Trinajstić information content (AvgIpc) is 2.55. The number of hydrogen-bond acceptors (Lipinski definition) is 4. The summed E-state index contributed by atoms with van der Waals surface area (Å²) in [6, 6.07) is 2.06. The van der Waals surface area contributed by atoms with E-state index in [1.807, 2.05) is 0 Å². The lowest BCUT2D eigenvalue weighted by molar-refractivity contribution is -0.383. The molecule has 1 amide bonds. The Morgan fingerprint density at radius 1 is 1.56 bits per heavy atom. The van der Waals surface area contributed by atoms with Crippen LogP contribution in [0.25, 0.3) is 0 Å². The Labute approximate surface area is 95.7 Å². The monoisotopic (exact) mass is 241 g/mol. The second-order valence-electron chi connectivity index (χ2n) is 3.32. The van der Waals surface area contributed by atoms with E-state index < -0.39 is 11.0 Å². The van der Waals surface area contributed by atoms with Crippen LogP contribution in [0.3, 0.4) is 0 Å². The smallest absolute Gasteiger partial charge is 0.293 e. The Morgan fingerprint density at radius 3 is 2.81 bits per heavy atom. The van der Waals surface area contributed by atoms with Gasteiger partial charge in [0.05, 0.1) is 4.92 Å². The zero-order chi connectivity index (χ0) is 11.9. The summed E-state index contributed by atoms with van der Waals surface area (Å²) in [4.78, 5) is 21.8. The molecule has 1 aromatic carbocycles. The molecule has 1 aromatic rings. The summed E-state index contributed by atoms with van der Waals surface area (Å²) < 4.78 is 0. The number of amides is 1. The van der Waals surface area contributed by atoms with E-state index in [9.17, 15) is 14.9 Å². The fourth-order valence-electron chi connectivity index (χ4n) is 1.75. The average molecular weight is 242 g/mol. The summed E-state index contributed by atoms with van der Waals surface area (Å²) in [6.07, 6.45) is 0. The Hall–Kier alpha value is -1.66. The van der Waals surface area contributed by atoms with Gasteiger partial charge in [-0.1, -0.05) is 11.6 Å². The molecule has 0 aliphatic carbocycles. The molecule has 1 atom stereocenters. The van der Waals surface area contributed by atoms with Crippen LogP contribution < -0.4 is 10.6 Å². The van der Waals surface area contributed by atoms with E-state index in [2.05, 4.69) is 10.6 Å². The summed E-state index contributed by atoms with van der Waals surface area (Å²) in [5, 5.41) is 16.3. The lowest BCUT2D eigenvalue weighted by Crippen LogP contribution is -2.23. The van der Waals surface area contributed by atoms with Gasteiger partial charge in [-0.15, -0.1) is 0 Å². The number of anilines is 1. The maximum Gasteiger partial charge on any atom is 0.293 e. The summed E-state index contributed by atoms with van der Waals surface area (Å²) >= 11 is 5.93. The second-order valence-corrected chi connectivity index (χ2v) is 3.73. The minimum atomic E-state index is -0.637. The van der Waals surface area contributed by atoms with Crippen molar-refractivity contribution in [3.63, 3.8) is 0 Å². The molecule has 2 rings (SSSR count). The van der Waals surface area contributed by atoms with Gasteiger partial charge in [-0.3, -0.25) is 14.9 Å². The van der Waals surface area contributed by atoms with Crippen LogP contribution >= 0.6 is 11.6 Å². The number of nitro groups is 1. The Balaban J connectivity index is 2.66. The largest absolute Gasteiger partial charge is 0.318 e. The first kappa shape index (κ1) is 10.8. The fraction of sp³-hybridized carbons (Fsp3) is 0.222. The van der Waals surface area contributed by atoms with Crippen LogP contribution in [0.5, 0.6) is 0 Å². The molecule has 2 N–H and O–H groups in total. The molecule has 7 heteroatoms. The predicted molar refractivity (Wildman–Crippen MR) is 58.5 cm³/mol. The number of hydrogen-bond donors (Lipinski definition) is 2. The number of halogens is 1. The molecular weight excluding hydrogens is 234 g/mol. The van der Waals surface area contributed by atoms with Crippen LogP contribution in [0.15, 0.2) is 12.1 Å². The van der Waals surface area contributed by atoms with Crippen molar-refractivity contribution >= 4 is 28.9 Å². The van der Waals surface area contributed by atoms with Crippen molar-refractivity contribution in [2.24, 2.45) is 0 Å². The van der Waals surface area contributed by atoms with Crippen LogP contribution in [0.2, 0.25) is 5.02 Å². The highest BCUT2D eigenvalue weighted by Crippen LogP contribution is 2.42. The van der Waals surface area contributed by atoms with Gasteiger partial charge in [-0.2, -0.15) is 0 Å². The SMILES string of the molecule is CNC1C(=O)Nc2c([N+](=O)[O-])ccc(Cl)c21. The van der Waals surface area contributed by atoms with Gasteiger partial charge in [0.25, 0.3) is 5.69 Å². The summed E-state index contributed by atoms with van der Waals surface area (Å²) in [5.41, 5.74) is 0.468. The lowest BCUT2D eigenvalue weighted by atomic mass is 10.1. The van der Waals surface area contributed by atoms with Crippen LogP contribution in [0.4, 0.5) is 11.4 Å². The number of benzene rings is 1. The van der Waals surface area contributed by atoms with Crippen molar-refractivity contribution in [2.75, 3.05) is 12.4 Å². The van der Waals surface area contributed by atoms with Crippen molar-refractivity contribution in [3.05, 3.63) is 32.8 Å². The third-order valence-electron chi connectivity index (χ3n) is 2.45. The molecule has 0 saturated carbocycles. The minimum Gasteiger partial charge on any atom is -0.318 e. The minimum absolute atomic E-state index is 0.148. The molecule has 1 heterocycles. The van der Waals surface area contributed by atoms with Gasteiger partial charge in [0.2, 0.25) is 5.91 Å². The molecule has 0 saturated heterocycles. The van der Waals surface area contributed by atoms with Gasteiger partial charge in [-0.05, 0) is 13.1 Å². The van der Waals surface area contributed by atoms with Crippen molar-refractivity contribution in [3.8, 4) is 0 Å².